The third-order valence-corrected chi connectivity index (χ3v) is 5.42. The van der Waals surface area contributed by atoms with Crippen molar-refractivity contribution in [1.82, 2.24) is 0 Å². The van der Waals surface area contributed by atoms with Crippen LogP contribution in [0.3, 0.4) is 0 Å². The summed E-state index contributed by atoms with van der Waals surface area (Å²) in [5.74, 6) is 0.946. The molecule has 0 aliphatic heterocycles. The van der Waals surface area contributed by atoms with Gasteiger partial charge in [-0.05, 0) is 42.4 Å². The van der Waals surface area contributed by atoms with Gasteiger partial charge < -0.3 is 5.11 Å². The second-order valence-electron chi connectivity index (χ2n) is 6.32. The first-order valence-electron chi connectivity index (χ1n) is 6.07. The minimum atomic E-state index is -0.550. The van der Waals surface area contributed by atoms with Gasteiger partial charge in [0.2, 0.25) is 0 Å². The molecule has 2 aliphatic carbocycles. The molecular weight excluding hydrogens is 188 g/mol. The van der Waals surface area contributed by atoms with Crippen molar-refractivity contribution in [3.8, 4) is 0 Å². The fraction of sp³-hybridized carbons (Fsp3) is 0.923. The molecule has 86 valence electrons. The molecule has 2 heteroatoms. The summed E-state index contributed by atoms with van der Waals surface area (Å²) < 4.78 is 0. The topological polar surface area (TPSA) is 37.3 Å². The summed E-state index contributed by atoms with van der Waals surface area (Å²) in [6.07, 6.45) is 3.13. The summed E-state index contributed by atoms with van der Waals surface area (Å²) in [5, 5.41) is 9.65. The van der Waals surface area contributed by atoms with E-state index in [1.807, 2.05) is 0 Å². The molecule has 0 aromatic heterocycles. The SMILES string of the molecule is CC(C)C1CC2CCC1(C(=O)O)C2(C)C. The van der Waals surface area contributed by atoms with Gasteiger partial charge in [-0.25, -0.2) is 0 Å². The largest absolute Gasteiger partial charge is 0.481 e. The van der Waals surface area contributed by atoms with Crippen molar-refractivity contribution in [2.24, 2.45) is 28.6 Å². The lowest BCUT2D eigenvalue weighted by atomic mass is 9.62. The van der Waals surface area contributed by atoms with Crippen molar-refractivity contribution in [2.75, 3.05) is 0 Å². The summed E-state index contributed by atoms with van der Waals surface area (Å²) >= 11 is 0. The van der Waals surface area contributed by atoms with Crippen LogP contribution in [0.2, 0.25) is 0 Å². The third-order valence-electron chi connectivity index (χ3n) is 5.42. The van der Waals surface area contributed by atoms with Crippen molar-refractivity contribution in [3.63, 3.8) is 0 Å². The number of hydrogen-bond donors (Lipinski definition) is 1. The first-order chi connectivity index (χ1) is 6.84. The van der Waals surface area contributed by atoms with Gasteiger partial charge in [-0.15, -0.1) is 0 Å². The van der Waals surface area contributed by atoms with Gasteiger partial charge in [-0.1, -0.05) is 27.7 Å². The molecule has 0 amide bonds. The minimum Gasteiger partial charge on any atom is -0.481 e. The maximum absolute atomic E-state index is 11.7. The fourth-order valence-electron chi connectivity index (χ4n) is 4.41. The Morgan fingerprint density at radius 1 is 1.40 bits per heavy atom. The van der Waals surface area contributed by atoms with Crippen molar-refractivity contribution in [3.05, 3.63) is 0 Å². The van der Waals surface area contributed by atoms with Crippen molar-refractivity contribution in [1.29, 1.82) is 0 Å². The highest BCUT2D eigenvalue weighted by atomic mass is 16.4. The van der Waals surface area contributed by atoms with E-state index in [4.69, 9.17) is 0 Å². The molecule has 2 fully saturated rings. The van der Waals surface area contributed by atoms with Crippen LogP contribution in [0.25, 0.3) is 0 Å². The van der Waals surface area contributed by atoms with Gasteiger partial charge in [0.15, 0.2) is 0 Å². The van der Waals surface area contributed by atoms with Crippen LogP contribution in [0.15, 0.2) is 0 Å². The third kappa shape index (κ3) is 1.08. The van der Waals surface area contributed by atoms with Gasteiger partial charge >= 0.3 is 5.97 Å². The molecule has 2 aliphatic rings. The zero-order valence-electron chi connectivity index (χ0n) is 10.2. The van der Waals surface area contributed by atoms with Gasteiger partial charge in [0.25, 0.3) is 0 Å². The van der Waals surface area contributed by atoms with Crippen LogP contribution in [0, 0.1) is 28.6 Å². The molecule has 2 nitrogen and oxygen atoms in total. The van der Waals surface area contributed by atoms with Crippen molar-refractivity contribution >= 4 is 5.97 Å². The molecule has 0 aromatic carbocycles. The summed E-state index contributed by atoms with van der Waals surface area (Å²) in [7, 11) is 0. The molecule has 3 atom stereocenters. The maximum atomic E-state index is 11.7. The molecule has 3 unspecified atom stereocenters. The van der Waals surface area contributed by atoms with Crippen LogP contribution in [-0.2, 0) is 4.79 Å². The lowest BCUT2D eigenvalue weighted by Crippen LogP contribution is -2.44. The standard InChI is InChI=1S/C13H22O2/c1-8(2)10-7-9-5-6-13(10,11(14)15)12(9,3)4/h8-10H,5-7H2,1-4H3,(H,14,15). The Balaban J connectivity index is 2.47. The fourth-order valence-corrected chi connectivity index (χ4v) is 4.41. The molecular formula is C13H22O2. The quantitative estimate of drug-likeness (QED) is 0.760. The van der Waals surface area contributed by atoms with E-state index < -0.39 is 11.4 Å². The number of rotatable bonds is 2. The van der Waals surface area contributed by atoms with E-state index in [0.717, 1.165) is 19.3 Å². The van der Waals surface area contributed by atoms with Crippen LogP contribution in [0.4, 0.5) is 0 Å². The number of aliphatic carboxylic acids is 1. The molecule has 0 spiro atoms. The molecule has 1 N–H and O–H groups in total. The molecule has 0 radical (unpaired) electrons. The lowest BCUT2D eigenvalue weighted by Gasteiger charge is -2.40. The van der Waals surface area contributed by atoms with E-state index in [1.165, 1.54) is 0 Å². The zero-order valence-corrected chi connectivity index (χ0v) is 10.2. The molecule has 2 bridgehead atoms. The van der Waals surface area contributed by atoms with Crippen LogP contribution in [0.5, 0.6) is 0 Å². The Morgan fingerprint density at radius 3 is 2.33 bits per heavy atom. The maximum Gasteiger partial charge on any atom is 0.310 e. The Labute approximate surface area is 92.1 Å². The predicted molar refractivity (Wildman–Crippen MR) is 59.5 cm³/mol. The highest BCUT2D eigenvalue weighted by molar-refractivity contribution is 5.77. The first-order valence-corrected chi connectivity index (χ1v) is 6.07. The summed E-state index contributed by atoms with van der Waals surface area (Å²) in [5.41, 5.74) is -0.445. The van der Waals surface area contributed by atoms with E-state index in [9.17, 15) is 9.90 Å². The second-order valence-corrected chi connectivity index (χ2v) is 6.32. The van der Waals surface area contributed by atoms with Crippen LogP contribution in [-0.4, -0.2) is 11.1 Å². The minimum absolute atomic E-state index is 0.00618. The summed E-state index contributed by atoms with van der Waals surface area (Å²) in [6, 6.07) is 0. The normalized spacial score (nSPS) is 42.5. The highest BCUT2D eigenvalue weighted by Crippen LogP contribution is 2.69. The van der Waals surface area contributed by atoms with E-state index in [1.54, 1.807) is 0 Å². The Hall–Kier alpha value is -0.530. The van der Waals surface area contributed by atoms with Gasteiger partial charge in [-0.2, -0.15) is 0 Å². The average molecular weight is 210 g/mol. The predicted octanol–water partition coefficient (Wildman–Crippen LogP) is 3.17. The smallest absolute Gasteiger partial charge is 0.310 e. The van der Waals surface area contributed by atoms with E-state index in [-0.39, 0.29) is 5.41 Å². The van der Waals surface area contributed by atoms with Gasteiger partial charge in [0, 0.05) is 0 Å². The van der Waals surface area contributed by atoms with Gasteiger partial charge in [0.1, 0.15) is 0 Å². The van der Waals surface area contributed by atoms with Crippen molar-refractivity contribution < 1.29 is 9.90 Å². The number of carboxylic acid groups (broad SMARTS) is 1. The van der Waals surface area contributed by atoms with Gasteiger partial charge in [-0.3, -0.25) is 4.79 Å². The zero-order chi connectivity index (χ0) is 11.4. The molecule has 15 heavy (non-hydrogen) atoms. The molecule has 0 heterocycles. The first kappa shape index (κ1) is 11.0. The molecule has 0 saturated heterocycles. The highest BCUT2D eigenvalue weighted by Gasteiger charge is 2.68. The van der Waals surface area contributed by atoms with E-state index in [2.05, 4.69) is 27.7 Å². The Bertz CT molecular complexity index is 293. The van der Waals surface area contributed by atoms with Crippen molar-refractivity contribution in [2.45, 2.75) is 47.0 Å². The van der Waals surface area contributed by atoms with Crippen LogP contribution < -0.4 is 0 Å². The Morgan fingerprint density at radius 2 is 2.00 bits per heavy atom. The average Bonchev–Trinajstić information content (AvgIpc) is 2.51. The number of hydrogen-bond acceptors (Lipinski definition) is 1. The van der Waals surface area contributed by atoms with Gasteiger partial charge in [0.05, 0.1) is 5.41 Å². The molecule has 0 aromatic rings. The van der Waals surface area contributed by atoms with Crippen LogP contribution >= 0.6 is 0 Å². The molecule has 2 rings (SSSR count). The number of carboxylic acids is 1. The van der Waals surface area contributed by atoms with Crippen LogP contribution in [0.1, 0.15) is 47.0 Å². The summed E-state index contributed by atoms with van der Waals surface area (Å²) in [6.45, 7) is 8.68. The van der Waals surface area contributed by atoms with E-state index >= 15 is 0 Å². The second kappa shape index (κ2) is 2.99. The molecule has 2 saturated carbocycles. The lowest BCUT2D eigenvalue weighted by molar-refractivity contribution is -0.158. The Kier molecular flexibility index (Phi) is 2.19. The monoisotopic (exact) mass is 210 g/mol. The van der Waals surface area contributed by atoms with E-state index in [0.29, 0.717) is 17.8 Å². The number of carbonyl (C=O) groups is 1. The summed E-state index contributed by atoms with van der Waals surface area (Å²) in [4.78, 5) is 11.7. The number of fused-ring (bicyclic) bond motifs is 2.